The van der Waals surface area contributed by atoms with E-state index in [1.165, 1.54) is 6.07 Å². The van der Waals surface area contributed by atoms with Gasteiger partial charge in [0.1, 0.15) is 16.9 Å². The lowest BCUT2D eigenvalue weighted by atomic mass is 10.2. The van der Waals surface area contributed by atoms with Crippen LogP contribution in [0.2, 0.25) is 10.3 Å². The summed E-state index contributed by atoms with van der Waals surface area (Å²) in [5.74, 6) is 0.153. The van der Waals surface area contributed by atoms with E-state index in [9.17, 15) is 4.39 Å². The Morgan fingerprint density at radius 2 is 2.04 bits per heavy atom. The topological polar surface area (TPSA) is 55.6 Å². The molecule has 0 spiro atoms. The van der Waals surface area contributed by atoms with Crippen molar-refractivity contribution in [1.82, 2.24) is 19.7 Å². The van der Waals surface area contributed by atoms with Crippen molar-refractivity contribution in [1.29, 1.82) is 0 Å². The molecule has 3 rings (SSSR count). The van der Waals surface area contributed by atoms with Crippen LogP contribution in [-0.4, -0.2) is 19.7 Å². The molecular formula is C16H16Cl2FN5. The lowest BCUT2D eigenvalue weighted by Gasteiger charge is -2.09. The van der Waals surface area contributed by atoms with Crippen LogP contribution in [0.4, 0.5) is 10.2 Å². The summed E-state index contributed by atoms with van der Waals surface area (Å²) < 4.78 is 15.6. The van der Waals surface area contributed by atoms with Crippen molar-refractivity contribution in [2.75, 3.05) is 5.32 Å². The van der Waals surface area contributed by atoms with Gasteiger partial charge >= 0.3 is 0 Å². The van der Waals surface area contributed by atoms with E-state index in [0.29, 0.717) is 16.4 Å². The lowest BCUT2D eigenvalue weighted by molar-refractivity contribution is 0.613. The number of hydrogen-bond donors (Lipinski definition) is 1. The zero-order chi connectivity index (χ0) is 17.3. The molecule has 24 heavy (non-hydrogen) atoms. The van der Waals surface area contributed by atoms with Crippen molar-refractivity contribution >= 4 is 40.1 Å². The van der Waals surface area contributed by atoms with Crippen LogP contribution in [0.5, 0.6) is 0 Å². The highest BCUT2D eigenvalue weighted by Gasteiger charge is 2.16. The smallest absolute Gasteiger partial charge is 0.225 e. The van der Waals surface area contributed by atoms with Crippen molar-refractivity contribution in [2.24, 2.45) is 7.05 Å². The minimum atomic E-state index is -0.372. The number of fused-ring (bicyclic) bond motifs is 1. The molecule has 2 heterocycles. The van der Waals surface area contributed by atoms with Crippen molar-refractivity contribution in [2.45, 2.75) is 26.3 Å². The second kappa shape index (κ2) is 6.91. The zero-order valence-electron chi connectivity index (χ0n) is 13.3. The number of aromatic nitrogens is 4. The lowest BCUT2D eigenvalue weighted by Crippen LogP contribution is -2.06. The first-order valence-electron chi connectivity index (χ1n) is 7.56. The Morgan fingerprint density at radius 3 is 2.75 bits per heavy atom. The van der Waals surface area contributed by atoms with Crippen molar-refractivity contribution in [3.63, 3.8) is 0 Å². The summed E-state index contributed by atoms with van der Waals surface area (Å²) in [6, 6.07) is 4.56. The molecule has 8 heteroatoms. The van der Waals surface area contributed by atoms with Crippen molar-refractivity contribution in [3.8, 4) is 0 Å². The van der Waals surface area contributed by atoms with Crippen LogP contribution in [0.15, 0.2) is 18.2 Å². The van der Waals surface area contributed by atoms with E-state index in [0.717, 1.165) is 29.6 Å². The summed E-state index contributed by atoms with van der Waals surface area (Å²) in [6.45, 7) is 2.32. The number of rotatable bonds is 5. The summed E-state index contributed by atoms with van der Waals surface area (Å²) in [5.41, 5.74) is 2.83. The van der Waals surface area contributed by atoms with Crippen LogP contribution in [-0.2, 0) is 20.0 Å². The minimum absolute atomic E-state index is 0.131. The molecule has 0 amide bonds. The van der Waals surface area contributed by atoms with Gasteiger partial charge in [-0.05, 0) is 30.2 Å². The van der Waals surface area contributed by atoms with Crippen LogP contribution in [0.25, 0.3) is 11.0 Å². The van der Waals surface area contributed by atoms with Gasteiger partial charge in [-0.25, -0.2) is 9.37 Å². The minimum Gasteiger partial charge on any atom is -0.364 e. The highest BCUT2D eigenvalue weighted by atomic mass is 35.5. The van der Waals surface area contributed by atoms with E-state index in [-0.39, 0.29) is 17.6 Å². The quantitative estimate of drug-likeness (QED) is 0.680. The first-order chi connectivity index (χ1) is 11.5. The summed E-state index contributed by atoms with van der Waals surface area (Å²) >= 11 is 11.8. The van der Waals surface area contributed by atoms with E-state index in [2.05, 4.69) is 27.3 Å². The molecule has 126 valence electrons. The average molecular weight is 368 g/mol. The summed E-state index contributed by atoms with van der Waals surface area (Å²) in [5, 5.41) is 8.10. The molecule has 1 N–H and O–H groups in total. The van der Waals surface area contributed by atoms with Crippen molar-refractivity contribution < 1.29 is 4.39 Å². The van der Waals surface area contributed by atoms with E-state index in [4.69, 9.17) is 23.2 Å². The Labute approximate surface area is 148 Å². The maximum Gasteiger partial charge on any atom is 0.225 e. The first-order valence-corrected chi connectivity index (χ1v) is 8.32. The number of nitrogens with one attached hydrogen (secondary N) is 1. The molecule has 0 aliphatic carbocycles. The summed E-state index contributed by atoms with van der Waals surface area (Å²) in [7, 11) is 1.83. The fraction of sp³-hybridized carbons (Fsp3) is 0.312. The fourth-order valence-corrected chi connectivity index (χ4v) is 2.91. The summed E-state index contributed by atoms with van der Waals surface area (Å²) in [4.78, 5) is 8.53. The number of anilines is 1. The fourth-order valence-electron chi connectivity index (χ4n) is 2.59. The van der Waals surface area contributed by atoms with Gasteiger partial charge in [-0.15, -0.1) is 0 Å². The average Bonchev–Trinajstić information content (AvgIpc) is 2.82. The molecule has 0 saturated heterocycles. The third-order valence-corrected chi connectivity index (χ3v) is 4.08. The molecule has 0 unspecified atom stereocenters. The molecule has 0 fully saturated rings. The number of hydrogen-bond acceptors (Lipinski definition) is 4. The Hall–Kier alpha value is -1.92. The van der Waals surface area contributed by atoms with Gasteiger partial charge in [-0.2, -0.15) is 10.1 Å². The number of aryl methyl sites for hydroxylation is 2. The van der Waals surface area contributed by atoms with Crippen LogP contribution in [0.1, 0.15) is 24.6 Å². The van der Waals surface area contributed by atoms with Crippen LogP contribution >= 0.6 is 23.2 Å². The SMILES string of the molecule is CCCc1nn(C)c2c(NCc3ccc(Cl)cc3F)nc(Cl)nc12. The van der Waals surface area contributed by atoms with E-state index in [1.807, 2.05) is 7.05 Å². The van der Waals surface area contributed by atoms with Gasteiger partial charge in [0.15, 0.2) is 5.82 Å². The van der Waals surface area contributed by atoms with Gasteiger partial charge in [-0.1, -0.05) is 31.0 Å². The van der Waals surface area contributed by atoms with Gasteiger partial charge in [0.05, 0.1) is 5.69 Å². The predicted molar refractivity (Wildman–Crippen MR) is 94.0 cm³/mol. The van der Waals surface area contributed by atoms with E-state index >= 15 is 0 Å². The third kappa shape index (κ3) is 3.30. The molecule has 0 atom stereocenters. The standard InChI is InChI=1S/C16H16Cl2FN5/c1-3-4-12-13-14(24(2)23-12)15(22-16(18)21-13)20-8-9-5-6-10(17)7-11(9)19/h5-7H,3-4,8H2,1-2H3,(H,20,21,22). The third-order valence-electron chi connectivity index (χ3n) is 3.67. The van der Waals surface area contributed by atoms with Gasteiger partial charge < -0.3 is 5.32 Å². The summed E-state index contributed by atoms with van der Waals surface area (Å²) in [6.07, 6.45) is 1.75. The second-order valence-corrected chi connectivity index (χ2v) is 6.22. The largest absolute Gasteiger partial charge is 0.364 e. The van der Waals surface area contributed by atoms with Crippen LogP contribution < -0.4 is 5.32 Å². The molecule has 3 aromatic rings. The maximum absolute atomic E-state index is 13.9. The van der Waals surface area contributed by atoms with E-state index < -0.39 is 0 Å². The van der Waals surface area contributed by atoms with E-state index in [1.54, 1.807) is 16.8 Å². The molecule has 0 radical (unpaired) electrons. The predicted octanol–water partition coefficient (Wildman–Crippen LogP) is 4.37. The molecule has 1 aromatic carbocycles. The first kappa shape index (κ1) is 16.9. The molecule has 2 aromatic heterocycles. The van der Waals surface area contributed by atoms with Gasteiger partial charge in [-0.3, -0.25) is 4.68 Å². The molecule has 0 aliphatic rings. The molecule has 5 nitrogen and oxygen atoms in total. The van der Waals surface area contributed by atoms with Gasteiger partial charge in [0.2, 0.25) is 5.28 Å². The van der Waals surface area contributed by atoms with Crippen LogP contribution in [0.3, 0.4) is 0 Å². The van der Waals surface area contributed by atoms with Gasteiger partial charge in [0.25, 0.3) is 0 Å². The Kier molecular flexibility index (Phi) is 4.87. The Balaban J connectivity index is 1.97. The maximum atomic E-state index is 13.9. The molecule has 0 bridgehead atoms. The Morgan fingerprint density at radius 1 is 1.25 bits per heavy atom. The van der Waals surface area contributed by atoms with Crippen LogP contribution in [0, 0.1) is 5.82 Å². The monoisotopic (exact) mass is 367 g/mol. The number of benzene rings is 1. The second-order valence-electron chi connectivity index (χ2n) is 5.45. The van der Waals surface area contributed by atoms with Crippen molar-refractivity contribution in [3.05, 3.63) is 45.6 Å². The normalized spacial score (nSPS) is 11.2. The highest BCUT2D eigenvalue weighted by molar-refractivity contribution is 6.30. The number of nitrogens with zero attached hydrogens (tertiary/aromatic N) is 4. The highest BCUT2D eigenvalue weighted by Crippen LogP contribution is 2.26. The molecule has 0 saturated carbocycles. The van der Waals surface area contributed by atoms with Gasteiger partial charge in [0, 0.05) is 24.2 Å². The Bertz CT molecular complexity index is 894. The molecular weight excluding hydrogens is 352 g/mol. The number of halogens is 3. The zero-order valence-corrected chi connectivity index (χ0v) is 14.8. The molecule has 0 aliphatic heterocycles.